The van der Waals surface area contributed by atoms with Crippen LogP contribution in [0.5, 0.6) is 0 Å². The highest BCUT2D eigenvalue weighted by Crippen LogP contribution is 2.41. The van der Waals surface area contributed by atoms with E-state index in [1.54, 1.807) is 35.3 Å². The summed E-state index contributed by atoms with van der Waals surface area (Å²) in [5.74, 6) is 0.167. The lowest BCUT2D eigenvalue weighted by atomic mass is 10.0. The molecule has 36 heavy (non-hydrogen) atoms. The van der Waals surface area contributed by atoms with Gasteiger partial charge in [-0.25, -0.2) is 9.97 Å². The minimum absolute atomic E-state index is 0.260. The lowest BCUT2D eigenvalue weighted by Crippen LogP contribution is -2.21. The number of thiazole rings is 1. The van der Waals surface area contributed by atoms with E-state index in [0.29, 0.717) is 43.5 Å². The second kappa shape index (κ2) is 9.66. The molecular formula is C24H19ClN8OS2. The quantitative estimate of drug-likeness (QED) is 0.265. The molecule has 1 aromatic carbocycles. The summed E-state index contributed by atoms with van der Waals surface area (Å²) in [5.41, 5.74) is 11.0. The number of carbonyl (C=O) groups excluding carboxylic acids is 1. The number of hydrogen-bond donors (Lipinski definition) is 3. The van der Waals surface area contributed by atoms with Crippen molar-refractivity contribution in [2.45, 2.75) is 10.8 Å². The van der Waals surface area contributed by atoms with Crippen LogP contribution >= 0.6 is 34.7 Å². The Hall–Kier alpha value is -3.85. The van der Waals surface area contributed by atoms with E-state index in [1.807, 2.05) is 29.6 Å². The first-order valence-corrected chi connectivity index (χ1v) is 12.9. The van der Waals surface area contributed by atoms with E-state index in [9.17, 15) is 10.1 Å². The van der Waals surface area contributed by atoms with Gasteiger partial charge in [-0.15, -0.1) is 11.3 Å². The van der Waals surface area contributed by atoms with Crippen molar-refractivity contribution in [3.8, 4) is 27.8 Å². The molecule has 9 nitrogen and oxygen atoms in total. The van der Waals surface area contributed by atoms with Crippen molar-refractivity contribution in [2.75, 3.05) is 12.8 Å². The fourth-order valence-corrected chi connectivity index (χ4v) is 5.91. The molecule has 0 spiro atoms. The normalized spacial score (nSPS) is 11.1. The SMILES string of the molecule is CNC(=O)c1c(N)c2c(-c3cn[nH]c3)c(C#N)c(SCc3csc(-c4ccc(Cl)cc4)n3)nc2n1C. The summed E-state index contributed by atoms with van der Waals surface area (Å²) in [5, 5.41) is 24.2. The van der Waals surface area contributed by atoms with Crippen molar-refractivity contribution in [3.05, 3.63) is 64.0 Å². The number of nitriles is 1. The number of H-pyrrole nitrogens is 1. The largest absolute Gasteiger partial charge is 0.396 e. The predicted molar refractivity (Wildman–Crippen MR) is 143 cm³/mol. The molecule has 5 aromatic rings. The van der Waals surface area contributed by atoms with Crippen LogP contribution in [0.4, 0.5) is 5.69 Å². The Morgan fingerprint density at radius 2 is 2.08 bits per heavy atom. The maximum absolute atomic E-state index is 12.6. The van der Waals surface area contributed by atoms with Crippen molar-refractivity contribution >= 4 is 57.3 Å². The summed E-state index contributed by atoms with van der Waals surface area (Å²) in [7, 11) is 3.27. The van der Waals surface area contributed by atoms with Crippen molar-refractivity contribution in [1.82, 2.24) is 30.0 Å². The Kier molecular flexibility index (Phi) is 6.40. The van der Waals surface area contributed by atoms with Crippen LogP contribution in [0.2, 0.25) is 5.02 Å². The van der Waals surface area contributed by atoms with Gasteiger partial charge in [0.25, 0.3) is 5.91 Å². The fraction of sp³-hybridized carbons (Fsp3) is 0.125. The van der Waals surface area contributed by atoms with Gasteiger partial charge in [-0.3, -0.25) is 9.89 Å². The van der Waals surface area contributed by atoms with Crippen LogP contribution in [-0.2, 0) is 12.8 Å². The van der Waals surface area contributed by atoms with Crippen LogP contribution in [0.15, 0.2) is 47.1 Å². The molecule has 0 aliphatic heterocycles. The summed E-state index contributed by atoms with van der Waals surface area (Å²) in [6.45, 7) is 0. The number of aromatic amines is 1. The molecule has 0 radical (unpaired) electrons. The van der Waals surface area contributed by atoms with E-state index in [0.717, 1.165) is 16.3 Å². The number of carbonyl (C=O) groups is 1. The monoisotopic (exact) mass is 534 g/mol. The second-order valence-electron chi connectivity index (χ2n) is 7.80. The lowest BCUT2D eigenvalue weighted by Gasteiger charge is -2.10. The number of amides is 1. The first-order chi connectivity index (χ1) is 17.4. The average molecular weight is 535 g/mol. The third-order valence-electron chi connectivity index (χ3n) is 5.66. The highest BCUT2D eigenvalue weighted by Gasteiger charge is 2.27. The number of fused-ring (bicyclic) bond motifs is 1. The van der Waals surface area contributed by atoms with Crippen LogP contribution in [0, 0.1) is 11.3 Å². The molecule has 0 unspecified atom stereocenters. The molecule has 1 amide bonds. The molecule has 4 heterocycles. The number of aryl methyl sites for hydroxylation is 1. The van der Waals surface area contributed by atoms with Gasteiger partial charge in [0, 0.05) is 53.1 Å². The van der Waals surface area contributed by atoms with Crippen molar-refractivity contribution in [2.24, 2.45) is 7.05 Å². The van der Waals surface area contributed by atoms with Crippen molar-refractivity contribution < 1.29 is 4.79 Å². The van der Waals surface area contributed by atoms with Crippen LogP contribution in [-0.4, -0.2) is 37.7 Å². The molecule has 0 fully saturated rings. The number of pyridine rings is 1. The van der Waals surface area contributed by atoms with E-state index in [-0.39, 0.29) is 17.3 Å². The Labute approximate surface area is 219 Å². The van der Waals surface area contributed by atoms with Gasteiger partial charge in [-0.2, -0.15) is 10.4 Å². The molecule has 4 N–H and O–H groups in total. The molecule has 0 atom stereocenters. The zero-order valence-electron chi connectivity index (χ0n) is 19.2. The minimum atomic E-state index is -0.337. The van der Waals surface area contributed by atoms with Crippen molar-refractivity contribution in [1.29, 1.82) is 5.26 Å². The first kappa shape index (κ1) is 23.9. The third-order valence-corrected chi connectivity index (χ3v) is 7.86. The molecular weight excluding hydrogens is 516 g/mol. The van der Waals surface area contributed by atoms with E-state index in [1.165, 1.54) is 18.8 Å². The number of hydrogen-bond acceptors (Lipinski definition) is 8. The molecule has 0 saturated heterocycles. The molecule has 0 aliphatic rings. The molecule has 4 aromatic heterocycles. The van der Waals surface area contributed by atoms with Gasteiger partial charge < -0.3 is 15.6 Å². The Morgan fingerprint density at radius 1 is 1.31 bits per heavy atom. The Bertz CT molecular complexity index is 1630. The second-order valence-corrected chi connectivity index (χ2v) is 10.1. The average Bonchev–Trinajstić information content (AvgIpc) is 3.63. The van der Waals surface area contributed by atoms with Gasteiger partial charge in [-0.05, 0) is 12.1 Å². The van der Waals surface area contributed by atoms with Crippen molar-refractivity contribution in [3.63, 3.8) is 0 Å². The van der Waals surface area contributed by atoms with E-state index >= 15 is 0 Å². The zero-order chi connectivity index (χ0) is 25.4. The van der Waals surface area contributed by atoms with E-state index < -0.39 is 0 Å². The number of benzene rings is 1. The van der Waals surface area contributed by atoms with Gasteiger partial charge in [0.05, 0.1) is 28.5 Å². The number of thioether (sulfide) groups is 1. The van der Waals surface area contributed by atoms with Gasteiger partial charge in [0.2, 0.25) is 0 Å². The number of rotatable bonds is 6. The standard InChI is InChI=1S/C24H19ClN8OS2/c1-28-22(34)20-19(27)18-17(13-8-29-30-9-13)16(7-26)24(32-21(18)33(20)2)36-11-15-10-35-23(31-15)12-3-5-14(25)6-4-12/h3-6,8-10H,11,27H2,1-2H3,(H,28,34)(H,29,30). The van der Waals surface area contributed by atoms with E-state index in [2.05, 4.69) is 21.6 Å². The molecule has 0 saturated carbocycles. The molecule has 180 valence electrons. The zero-order valence-corrected chi connectivity index (χ0v) is 21.6. The fourth-order valence-electron chi connectivity index (χ4n) is 3.97. The predicted octanol–water partition coefficient (Wildman–Crippen LogP) is 4.85. The number of nitrogens with zero attached hydrogens (tertiary/aromatic N) is 5. The summed E-state index contributed by atoms with van der Waals surface area (Å²) in [6.07, 6.45) is 3.31. The number of anilines is 1. The minimum Gasteiger partial charge on any atom is -0.396 e. The van der Waals surface area contributed by atoms with Gasteiger partial charge in [0.1, 0.15) is 27.4 Å². The Morgan fingerprint density at radius 3 is 2.75 bits per heavy atom. The van der Waals surface area contributed by atoms with Gasteiger partial charge in [-0.1, -0.05) is 35.5 Å². The molecule has 0 bridgehead atoms. The lowest BCUT2D eigenvalue weighted by molar-refractivity contribution is 0.0956. The summed E-state index contributed by atoms with van der Waals surface area (Å²) >= 11 is 8.94. The van der Waals surface area contributed by atoms with Crippen LogP contribution < -0.4 is 11.1 Å². The number of aromatic nitrogens is 5. The smallest absolute Gasteiger partial charge is 0.269 e. The molecule has 5 rings (SSSR count). The third kappa shape index (κ3) is 4.09. The topological polar surface area (TPSA) is 138 Å². The highest BCUT2D eigenvalue weighted by molar-refractivity contribution is 7.98. The summed E-state index contributed by atoms with van der Waals surface area (Å²) in [4.78, 5) is 22.1. The van der Waals surface area contributed by atoms with E-state index in [4.69, 9.17) is 27.3 Å². The molecule has 0 aliphatic carbocycles. The molecule has 12 heteroatoms. The maximum Gasteiger partial charge on any atom is 0.269 e. The number of nitrogens with one attached hydrogen (secondary N) is 2. The van der Waals surface area contributed by atoms with Crippen LogP contribution in [0.25, 0.3) is 32.7 Å². The maximum atomic E-state index is 12.6. The van der Waals surface area contributed by atoms with Crippen LogP contribution in [0.1, 0.15) is 21.7 Å². The number of halogens is 1. The highest BCUT2D eigenvalue weighted by atomic mass is 35.5. The summed E-state index contributed by atoms with van der Waals surface area (Å²) in [6, 6.07) is 9.83. The van der Waals surface area contributed by atoms with Gasteiger partial charge in [0.15, 0.2) is 0 Å². The number of nitrogen functional groups attached to an aromatic ring is 1. The first-order valence-electron chi connectivity index (χ1n) is 10.7. The van der Waals surface area contributed by atoms with Crippen LogP contribution in [0.3, 0.4) is 0 Å². The Balaban J connectivity index is 1.59. The summed E-state index contributed by atoms with van der Waals surface area (Å²) < 4.78 is 1.65. The van der Waals surface area contributed by atoms with Gasteiger partial charge >= 0.3 is 0 Å². The number of nitrogens with two attached hydrogens (primary N) is 1.